The van der Waals surface area contributed by atoms with Gasteiger partial charge in [0.05, 0.1) is 11.6 Å². The maximum Gasteiger partial charge on any atom is 0.395 e. The van der Waals surface area contributed by atoms with E-state index in [2.05, 4.69) is 15.3 Å². The van der Waals surface area contributed by atoms with Crippen LogP contribution in [0.5, 0.6) is 0 Å². The molecular weight excluding hydrogens is 311 g/mol. The Kier molecular flexibility index (Phi) is 3.98. The first kappa shape index (κ1) is 14.8. The Morgan fingerprint density at radius 1 is 1.32 bits per heavy atom. The second-order valence-corrected chi connectivity index (χ2v) is 5.67. The molecule has 0 aromatic carbocycles. The number of anilines is 1. The third-order valence-corrected chi connectivity index (χ3v) is 3.99. The van der Waals surface area contributed by atoms with Crippen LogP contribution >= 0.6 is 11.3 Å². The molecule has 0 aliphatic heterocycles. The van der Waals surface area contributed by atoms with Gasteiger partial charge in [-0.05, 0) is 24.6 Å². The van der Waals surface area contributed by atoms with Gasteiger partial charge < -0.3 is 5.32 Å². The van der Waals surface area contributed by atoms with Crippen LogP contribution in [0.3, 0.4) is 0 Å². The van der Waals surface area contributed by atoms with Gasteiger partial charge in [0.25, 0.3) is 0 Å². The predicted molar refractivity (Wildman–Crippen MR) is 80.4 cm³/mol. The molecule has 1 N–H and O–H groups in total. The highest BCUT2D eigenvalue weighted by atomic mass is 32.1. The minimum atomic E-state index is -4.19. The normalized spacial score (nSPS) is 18.1. The van der Waals surface area contributed by atoms with E-state index in [1.165, 1.54) is 23.5 Å². The van der Waals surface area contributed by atoms with Crippen molar-refractivity contribution in [2.45, 2.75) is 12.6 Å². The number of thiazole rings is 1. The number of halogens is 3. The number of pyridine rings is 1. The topological polar surface area (TPSA) is 37.8 Å². The third-order valence-electron chi connectivity index (χ3n) is 3.23. The van der Waals surface area contributed by atoms with Gasteiger partial charge in [0.1, 0.15) is 0 Å². The van der Waals surface area contributed by atoms with Gasteiger partial charge in [0, 0.05) is 29.0 Å². The summed E-state index contributed by atoms with van der Waals surface area (Å²) < 4.78 is 37.7. The van der Waals surface area contributed by atoms with E-state index >= 15 is 0 Å². The number of aromatic nitrogens is 2. The van der Waals surface area contributed by atoms with E-state index < -0.39 is 12.1 Å². The Morgan fingerprint density at radius 2 is 2.18 bits per heavy atom. The highest BCUT2D eigenvalue weighted by molar-refractivity contribution is 7.14. The molecule has 0 spiro atoms. The SMILES string of the molecule is FC(F)(F)C1C=CC(Nc2nc(-c3cccnc3)cs2)=CC1. The zero-order valence-electron chi connectivity index (χ0n) is 11.3. The first-order valence-corrected chi connectivity index (χ1v) is 7.48. The number of rotatable bonds is 3. The molecule has 0 bridgehead atoms. The molecule has 0 amide bonds. The fourth-order valence-electron chi connectivity index (χ4n) is 2.06. The van der Waals surface area contributed by atoms with Gasteiger partial charge in [-0.25, -0.2) is 4.98 Å². The second-order valence-electron chi connectivity index (χ2n) is 4.81. The molecule has 2 aromatic rings. The summed E-state index contributed by atoms with van der Waals surface area (Å²) in [5.41, 5.74) is 2.32. The van der Waals surface area contributed by atoms with Crippen LogP contribution in [0.15, 0.2) is 53.8 Å². The average molecular weight is 323 g/mol. The predicted octanol–water partition coefficient (Wildman–Crippen LogP) is 4.64. The molecule has 1 unspecified atom stereocenters. The van der Waals surface area contributed by atoms with Crippen molar-refractivity contribution < 1.29 is 13.2 Å². The quantitative estimate of drug-likeness (QED) is 0.894. The smallest absolute Gasteiger partial charge is 0.332 e. The molecule has 0 radical (unpaired) electrons. The summed E-state index contributed by atoms with van der Waals surface area (Å²) in [6.45, 7) is 0. The maximum atomic E-state index is 12.6. The lowest BCUT2D eigenvalue weighted by molar-refractivity contribution is -0.160. The van der Waals surface area contributed by atoms with Crippen LogP contribution < -0.4 is 5.32 Å². The Balaban J connectivity index is 1.67. The van der Waals surface area contributed by atoms with Crippen molar-refractivity contribution in [2.75, 3.05) is 5.32 Å². The monoisotopic (exact) mass is 323 g/mol. The maximum absolute atomic E-state index is 12.6. The van der Waals surface area contributed by atoms with Crippen molar-refractivity contribution in [3.05, 3.63) is 53.8 Å². The number of allylic oxidation sites excluding steroid dienone is 3. The van der Waals surface area contributed by atoms with Crippen molar-refractivity contribution in [1.29, 1.82) is 0 Å². The van der Waals surface area contributed by atoms with Crippen LogP contribution in [0.25, 0.3) is 11.3 Å². The molecule has 114 valence electrons. The minimum Gasteiger partial charge on any atom is -0.332 e. The molecule has 1 aliphatic rings. The molecule has 22 heavy (non-hydrogen) atoms. The minimum absolute atomic E-state index is 0.0524. The fourth-order valence-corrected chi connectivity index (χ4v) is 2.80. The summed E-state index contributed by atoms with van der Waals surface area (Å²) >= 11 is 1.40. The number of hydrogen-bond acceptors (Lipinski definition) is 4. The molecule has 2 aromatic heterocycles. The number of nitrogens with zero attached hydrogens (tertiary/aromatic N) is 2. The molecule has 7 heteroatoms. The molecular formula is C15H12F3N3S. The first-order valence-electron chi connectivity index (χ1n) is 6.60. The number of alkyl halides is 3. The standard InChI is InChI=1S/C15H12F3N3S/c16-15(17,18)11-3-5-12(6-4-11)20-14-21-13(9-22-14)10-2-1-7-19-8-10/h1-3,5-9,11H,4H2,(H,20,21). The van der Waals surface area contributed by atoms with Gasteiger partial charge >= 0.3 is 6.18 Å². The van der Waals surface area contributed by atoms with Crippen LogP contribution in [0.1, 0.15) is 6.42 Å². The summed E-state index contributed by atoms with van der Waals surface area (Å²) in [4.78, 5) is 8.45. The lowest BCUT2D eigenvalue weighted by Gasteiger charge is -2.19. The van der Waals surface area contributed by atoms with E-state index in [0.29, 0.717) is 10.8 Å². The largest absolute Gasteiger partial charge is 0.395 e. The van der Waals surface area contributed by atoms with Crippen LogP contribution in [0.4, 0.5) is 18.3 Å². The Bertz CT molecular complexity index is 704. The summed E-state index contributed by atoms with van der Waals surface area (Å²) in [5.74, 6) is -1.40. The summed E-state index contributed by atoms with van der Waals surface area (Å²) in [5, 5.41) is 5.56. The van der Waals surface area contributed by atoms with Crippen molar-refractivity contribution in [3.63, 3.8) is 0 Å². The molecule has 0 fully saturated rings. The Morgan fingerprint density at radius 3 is 2.82 bits per heavy atom. The zero-order valence-corrected chi connectivity index (χ0v) is 12.2. The number of nitrogens with one attached hydrogen (secondary N) is 1. The van der Waals surface area contributed by atoms with Crippen molar-refractivity contribution >= 4 is 16.5 Å². The van der Waals surface area contributed by atoms with E-state index in [9.17, 15) is 13.2 Å². The first-order chi connectivity index (χ1) is 10.5. The van der Waals surface area contributed by atoms with Crippen molar-refractivity contribution in [2.24, 2.45) is 5.92 Å². The molecule has 3 rings (SSSR count). The van der Waals surface area contributed by atoms with Crippen LogP contribution in [0, 0.1) is 5.92 Å². The van der Waals surface area contributed by atoms with Crippen molar-refractivity contribution in [1.82, 2.24) is 9.97 Å². The van der Waals surface area contributed by atoms with E-state index in [4.69, 9.17) is 0 Å². The van der Waals surface area contributed by atoms with Crippen LogP contribution in [-0.2, 0) is 0 Å². The lowest BCUT2D eigenvalue weighted by Crippen LogP contribution is -2.22. The summed E-state index contributed by atoms with van der Waals surface area (Å²) in [7, 11) is 0. The molecule has 0 saturated heterocycles. The molecule has 0 saturated carbocycles. The van der Waals surface area contributed by atoms with Gasteiger partial charge in [-0.1, -0.05) is 12.2 Å². The molecule has 1 atom stereocenters. The van der Waals surface area contributed by atoms with Gasteiger partial charge in [-0.2, -0.15) is 13.2 Å². The van der Waals surface area contributed by atoms with Crippen LogP contribution in [-0.4, -0.2) is 16.1 Å². The highest BCUT2D eigenvalue weighted by Gasteiger charge is 2.37. The summed E-state index contributed by atoms with van der Waals surface area (Å²) in [6, 6.07) is 3.73. The average Bonchev–Trinajstić information content (AvgIpc) is 2.96. The van der Waals surface area contributed by atoms with Gasteiger partial charge in [0.2, 0.25) is 0 Å². The van der Waals surface area contributed by atoms with Gasteiger partial charge in [-0.3, -0.25) is 4.98 Å². The third kappa shape index (κ3) is 3.36. The molecule has 2 heterocycles. The van der Waals surface area contributed by atoms with E-state index in [1.54, 1.807) is 18.5 Å². The number of hydrogen-bond donors (Lipinski definition) is 1. The Labute approximate surface area is 129 Å². The van der Waals surface area contributed by atoms with Crippen molar-refractivity contribution in [3.8, 4) is 11.3 Å². The molecule has 1 aliphatic carbocycles. The molecule has 3 nitrogen and oxygen atoms in total. The van der Waals surface area contributed by atoms with Crippen LogP contribution in [0.2, 0.25) is 0 Å². The Hall–Kier alpha value is -2.15. The lowest BCUT2D eigenvalue weighted by atomic mass is 9.99. The second kappa shape index (κ2) is 5.92. The van der Waals surface area contributed by atoms with Gasteiger partial charge in [-0.15, -0.1) is 11.3 Å². The highest BCUT2D eigenvalue weighted by Crippen LogP contribution is 2.33. The van der Waals surface area contributed by atoms with E-state index in [0.717, 1.165) is 11.3 Å². The van der Waals surface area contributed by atoms with E-state index in [1.807, 2.05) is 17.5 Å². The summed E-state index contributed by atoms with van der Waals surface area (Å²) in [6.07, 6.45) is 3.33. The fraction of sp³-hybridized carbons (Fsp3) is 0.200. The van der Waals surface area contributed by atoms with Gasteiger partial charge in [0.15, 0.2) is 5.13 Å². The van der Waals surface area contributed by atoms with E-state index in [-0.39, 0.29) is 6.42 Å². The zero-order chi connectivity index (χ0) is 15.6.